The number of rotatable bonds is 16. The quantitative estimate of drug-likeness (QED) is 0.0717. The van der Waals surface area contributed by atoms with Gasteiger partial charge >= 0.3 is 0 Å². The lowest BCUT2D eigenvalue weighted by Crippen LogP contribution is -2.29. The number of halogens is 3. The molecule has 0 saturated carbocycles. The summed E-state index contributed by atoms with van der Waals surface area (Å²) >= 11 is 18.7. The Hall–Kier alpha value is -6.83. The van der Waals surface area contributed by atoms with Gasteiger partial charge in [-0.1, -0.05) is 95.5 Å². The maximum atomic E-state index is 13.5. The fraction of sp³-hybridized carbons (Fsp3) is 0.192. The minimum atomic E-state index is -0.400. The number of ether oxygens (including phenoxy) is 2. The van der Waals surface area contributed by atoms with Crippen molar-refractivity contribution in [3.05, 3.63) is 209 Å². The number of nitrogens with one attached hydrogen (secondary N) is 2. The monoisotopic (exact) mass is 961 g/mol. The van der Waals surface area contributed by atoms with Crippen molar-refractivity contribution in [2.45, 2.75) is 53.0 Å². The van der Waals surface area contributed by atoms with Crippen LogP contribution in [0.15, 0.2) is 155 Å². The Morgan fingerprint density at radius 1 is 0.597 bits per heavy atom. The molecule has 5 aromatic carbocycles. The van der Waals surface area contributed by atoms with E-state index in [1.165, 1.54) is 41.6 Å². The number of pyridine rings is 2. The van der Waals surface area contributed by atoms with Crippen LogP contribution in [0.3, 0.4) is 0 Å². The first-order chi connectivity index (χ1) is 32.1. The summed E-state index contributed by atoms with van der Waals surface area (Å²) < 4.78 is 14.4. The summed E-state index contributed by atoms with van der Waals surface area (Å²) in [5.74, 6) is 0.475. The van der Waals surface area contributed by atoms with E-state index in [0.29, 0.717) is 73.5 Å². The molecule has 67 heavy (non-hydrogen) atoms. The molecule has 0 aliphatic carbocycles. The van der Waals surface area contributed by atoms with E-state index in [-0.39, 0.29) is 34.7 Å². The number of hydroxylamine groups is 2. The van der Waals surface area contributed by atoms with Gasteiger partial charge < -0.3 is 29.2 Å². The second kappa shape index (κ2) is 23.1. The van der Waals surface area contributed by atoms with Crippen LogP contribution < -0.4 is 31.2 Å². The minimum Gasteiger partial charge on any atom is -0.489 e. The number of hydrogen-bond acceptors (Lipinski definition) is 9. The van der Waals surface area contributed by atoms with Gasteiger partial charge in [0.25, 0.3) is 17.0 Å². The highest BCUT2D eigenvalue weighted by atomic mass is 35.5. The van der Waals surface area contributed by atoms with E-state index >= 15 is 0 Å². The Kier molecular flexibility index (Phi) is 17.1. The van der Waals surface area contributed by atoms with Gasteiger partial charge in [0.2, 0.25) is 0 Å². The SMILES string of the molecule is CC(C)Oc1ccc(Nc2cc(=O)n(Cc3ccccc3)cc2C(=O)c2ccc(Cl)cc2)cc1Cl.CON(C)C(=O)c1cn(Cc2ccccc2)c(=O)cc1Nc1ccc(OC(C)C)c(Cl)c1. The normalized spacial score (nSPS) is 10.9. The second-order valence-corrected chi connectivity index (χ2v) is 17.1. The molecular weight excluding hydrogens is 913 g/mol. The molecule has 346 valence electrons. The van der Waals surface area contributed by atoms with Crippen LogP contribution in [0, 0.1) is 0 Å². The molecule has 0 saturated heterocycles. The highest BCUT2D eigenvalue weighted by molar-refractivity contribution is 6.32. The van der Waals surface area contributed by atoms with Gasteiger partial charge in [-0.25, -0.2) is 5.06 Å². The fourth-order valence-electron chi connectivity index (χ4n) is 6.69. The van der Waals surface area contributed by atoms with E-state index in [1.54, 1.807) is 66.9 Å². The van der Waals surface area contributed by atoms with Gasteiger partial charge in [0, 0.05) is 53.5 Å². The molecule has 0 atom stereocenters. The average molecular weight is 963 g/mol. The number of ketones is 1. The minimum absolute atomic E-state index is 0.0164. The third kappa shape index (κ3) is 13.6. The molecule has 0 aliphatic heterocycles. The third-order valence-electron chi connectivity index (χ3n) is 9.93. The lowest BCUT2D eigenvalue weighted by molar-refractivity contribution is -0.0756. The van der Waals surface area contributed by atoms with Crippen LogP contribution in [0.5, 0.6) is 11.5 Å². The molecule has 0 aliphatic rings. The van der Waals surface area contributed by atoms with Crippen molar-refractivity contribution in [1.29, 1.82) is 0 Å². The maximum absolute atomic E-state index is 13.5. The number of anilines is 4. The lowest BCUT2D eigenvalue weighted by atomic mass is 10.0. The molecule has 7 aromatic rings. The number of benzene rings is 5. The predicted octanol–water partition coefficient (Wildman–Crippen LogP) is 11.7. The molecule has 0 unspecified atom stereocenters. The van der Waals surface area contributed by atoms with Gasteiger partial charge in [0.1, 0.15) is 11.5 Å². The van der Waals surface area contributed by atoms with Gasteiger partial charge in [-0.05, 0) is 99.5 Å². The molecular formula is C52H50Cl3N5O7. The van der Waals surface area contributed by atoms with Gasteiger partial charge in [0.05, 0.1) is 65.0 Å². The number of hydrogen-bond donors (Lipinski definition) is 2. The van der Waals surface area contributed by atoms with Crippen LogP contribution in [0.25, 0.3) is 0 Å². The first kappa shape index (κ1) is 49.6. The zero-order valence-corrected chi connectivity index (χ0v) is 40.0. The van der Waals surface area contributed by atoms with E-state index < -0.39 is 5.91 Å². The summed E-state index contributed by atoms with van der Waals surface area (Å²) in [6, 6.07) is 39.1. The third-order valence-corrected chi connectivity index (χ3v) is 10.8. The van der Waals surface area contributed by atoms with Crippen molar-refractivity contribution >= 4 is 69.2 Å². The fourth-order valence-corrected chi connectivity index (χ4v) is 7.26. The van der Waals surface area contributed by atoms with Crippen LogP contribution in [0.4, 0.5) is 22.7 Å². The largest absolute Gasteiger partial charge is 0.489 e. The van der Waals surface area contributed by atoms with Crippen LogP contribution in [-0.4, -0.2) is 52.3 Å². The summed E-state index contributed by atoms with van der Waals surface area (Å²) in [5.41, 5.74) is 4.46. The molecule has 2 aromatic heterocycles. The van der Waals surface area contributed by atoms with E-state index in [0.717, 1.165) is 16.2 Å². The smallest absolute Gasteiger partial charge is 0.280 e. The van der Waals surface area contributed by atoms with Gasteiger partial charge in [-0.15, -0.1) is 0 Å². The topological polar surface area (TPSA) is 133 Å². The summed E-state index contributed by atoms with van der Waals surface area (Å²) in [7, 11) is 2.91. The Morgan fingerprint density at radius 3 is 1.45 bits per heavy atom. The van der Waals surface area contributed by atoms with E-state index in [4.69, 9.17) is 49.1 Å². The van der Waals surface area contributed by atoms with Gasteiger partial charge in [-0.2, -0.15) is 0 Å². The summed E-state index contributed by atoms with van der Waals surface area (Å²) in [6.07, 6.45) is 3.09. The highest BCUT2D eigenvalue weighted by Crippen LogP contribution is 2.33. The predicted molar refractivity (Wildman–Crippen MR) is 267 cm³/mol. The van der Waals surface area contributed by atoms with Crippen molar-refractivity contribution in [2.75, 3.05) is 24.8 Å². The Morgan fingerprint density at radius 2 is 1.03 bits per heavy atom. The van der Waals surface area contributed by atoms with Crippen molar-refractivity contribution in [2.24, 2.45) is 0 Å². The zero-order valence-electron chi connectivity index (χ0n) is 37.8. The maximum Gasteiger partial charge on any atom is 0.280 e. The van der Waals surface area contributed by atoms with Crippen LogP contribution in [0.2, 0.25) is 15.1 Å². The average Bonchev–Trinajstić information content (AvgIpc) is 3.30. The molecule has 0 bridgehead atoms. The molecule has 7 rings (SSSR count). The van der Waals surface area contributed by atoms with Crippen LogP contribution in [0.1, 0.15) is 65.1 Å². The lowest BCUT2D eigenvalue weighted by Gasteiger charge is -2.19. The molecule has 2 N–H and O–H groups in total. The van der Waals surface area contributed by atoms with E-state index in [9.17, 15) is 19.2 Å². The molecule has 0 fully saturated rings. The van der Waals surface area contributed by atoms with Crippen molar-refractivity contribution < 1.29 is 23.9 Å². The Labute approximate surface area is 404 Å². The Balaban J connectivity index is 0.000000222. The molecule has 15 heteroatoms. The van der Waals surface area contributed by atoms with E-state index in [2.05, 4.69) is 10.6 Å². The standard InChI is InChI=1S/C28H24Cl2N2O3.C24H26ClN3O4/c1-18(2)35-26-13-12-22(14-24(26)30)31-25-15-27(33)32(16-19-6-4-3-5-7-19)17-23(25)28(34)20-8-10-21(29)11-9-20;1-16(2)32-22-11-10-18(12-20(22)25)26-21-13-23(29)28(14-17-8-6-5-7-9-17)15-19(21)24(30)27(3)31-4/h3-15,17-18,31H,16H2,1-2H3;5-13,15-16,26H,14H2,1-4H3. The zero-order chi connectivity index (χ0) is 48.2. The number of carbonyl (C=O) groups excluding carboxylic acids is 2. The molecule has 0 spiro atoms. The van der Waals surface area contributed by atoms with Crippen molar-refractivity contribution in [1.82, 2.24) is 14.2 Å². The number of carbonyl (C=O) groups is 2. The van der Waals surface area contributed by atoms with Gasteiger partial charge in [-0.3, -0.25) is 24.0 Å². The molecule has 12 nitrogen and oxygen atoms in total. The summed E-state index contributed by atoms with van der Waals surface area (Å²) in [5, 5.41) is 8.80. The van der Waals surface area contributed by atoms with Crippen molar-refractivity contribution in [3.8, 4) is 11.5 Å². The molecule has 1 amide bonds. The number of aromatic nitrogens is 2. The Bertz CT molecular complexity index is 2940. The highest BCUT2D eigenvalue weighted by Gasteiger charge is 2.21. The number of nitrogens with zero attached hydrogens (tertiary/aromatic N) is 3. The molecule has 0 radical (unpaired) electrons. The van der Waals surface area contributed by atoms with Crippen LogP contribution >= 0.6 is 34.8 Å². The van der Waals surface area contributed by atoms with Crippen molar-refractivity contribution in [3.63, 3.8) is 0 Å². The first-order valence-corrected chi connectivity index (χ1v) is 22.4. The number of amides is 1. The van der Waals surface area contributed by atoms with Gasteiger partial charge in [0.15, 0.2) is 5.78 Å². The first-order valence-electron chi connectivity index (χ1n) is 21.2. The summed E-state index contributed by atoms with van der Waals surface area (Å²) in [4.78, 5) is 57.3. The summed E-state index contributed by atoms with van der Waals surface area (Å²) in [6.45, 7) is 8.34. The van der Waals surface area contributed by atoms with Crippen LogP contribution in [-0.2, 0) is 17.9 Å². The molecule has 2 heterocycles. The second-order valence-electron chi connectivity index (χ2n) is 15.8. The van der Waals surface area contributed by atoms with E-state index in [1.807, 2.05) is 88.4 Å².